The summed E-state index contributed by atoms with van der Waals surface area (Å²) in [6.45, 7) is 2.01. The van der Waals surface area contributed by atoms with E-state index in [4.69, 9.17) is 5.10 Å². The molecule has 1 unspecified atom stereocenters. The average Bonchev–Trinajstić information content (AvgIpc) is 3.50. The average molecular weight is 509 g/mol. The van der Waals surface area contributed by atoms with E-state index in [1.807, 2.05) is 110 Å². The quantitative estimate of drug-likeness (QED) is 0.248. The highest BCUT2D eigenvalue weighted by molar-refractivity contribution is 5.68. The second kappa shape index (κ2) is 10.5. The Bertz CT molecular complexity index is 1570. The van der Waals surface area contributed by atoms with Gasteiger partial charge < -0.3 is 5.11 Å². The van der Waals surface area contributed by atoms with E-state index < -0.39 is 11.6 Å². The molecule has 0 aliphatic rings. The number of hydrogen-bond acceptors (Lipinski definition) is 4. The van der Waals surface area contributed by atoms with E-state index in [1.165, 1.54) is 0 Å². The third-order valence-electron chi connectivity index (χ3n) is 7.13. The first kappa shape index (κ1) is 24.5. The van der Waals surface area contributed by atoms with Gasteiger partial charge in [0.2, 0.25) is 5.82 Å². The van der Waals surface area contributed by atoms with Gasteiger partial charge in [0, 0.05) is 0 Å². The number of rotatable bonds is 7. The number of aryl methyl sites for hydroxylation is 1. The molecule has 5 aromatic carbocycles. The minimum absolute atomic E-state index is 0.241. The number of aromatic nitrogens is 4. The Morgan fingerprint density at radius 3 is 1.64 bits per heavy atom. The smallest absolute Gasteiger partial charge is 0.207 e. The molecule has 0 saturated carbocycles. The maximum atomic E-state index is 11.7. The highest BCUT2D eigenvalue weighted by Crippen LogP contribution is 2.40. The maximum absolute atomic E-state index is 11.7. The molecule has 0 fully saturated rings. The van der Waals surface area contributed by atoms with Crippen molar-refractivity contribution in [3.8, 4) is 11.1 Å². The summed E-state index contributed by atoms with van der Waals surface area (Å²) in [5.41, 5.74) is 5.80. The largest absolute Gasteiger partial charge is 0.380 e. The lowest BCUT2D eigenvalue weighted by Gasteiger charge is -2.34. The van der Waals surface area contributed by atoms with Gasteiger partial charge in [0.15, 0.2) is 5.54 Å². The van der Waals surface area contributed by atoms with Crippen molar-refractivity contribution in [3.05, 3.63) is 173 Å². The predicted molar refractivity (Wildman–Crippen MR) is 153 cm³/mol. The van der Waals surface area contributed by atoms with E-state index in [0.29, 0.717) is 0 Å². The molecule has 5 heteroatoms. The predicted octanol–water partition coefficient (Wildman–Crippen LogP) is 6.57. The van der Waals surface area contributed by atoms with Gasteiger partial charge in [0.25, 0.3) is 0 Å². The minimum Gasteiger partial charge on any atom is -0.380 e. The molecule has 6 rings (SSSR count). The number of benzene rings is 5. The summed E-state index contributed by atoms with van der Waals surface area (Å²) in [5.74, 6) is 0.241. The van der Waals surface area contributed by atoms with Crippen LogP contribution in [-0.4, -0.2) is 25.3 Å². The SMILES string of the molecule is Cc1ccc(-c2ccccc2)c(C(O)c2nnn(C(c3ccccc3)(c3ccccc3)c3ccccc3)n2)c1. The van der Waals surface area contributed by atoms with Crippen molar-refractivity contribution < 1.29 is 5.11 Å². The van der Waals surface area contributed by atoms with Crippen LogP contribution < -0.4 is 0 Å². The fourth-order valence-corrected chi connectivity index (χ4v) is 5.29. The van der Waals surface area contributed by atoms with Gasteiger partial charge in [-0.3, -0.25) is 0 Å². The first-order valence-electron chi connectivity index (χ1n) is 13.0. The first-order chi connectivity index (χ1) is 19.2. The summed E-state index contributed by atoms with van der Waals surface area (Å²) in [6.07, 6.45) is -1.06. The molecule has 6 aromatic rings. The van der Waals surface area contributed by atoms with Crippen LogP contribution >= 0.6 is 0 Å². The van der Waals surface area contributed by atoms with Gasteiger partial charge in [-0.2, -0.15) is 0 Å². The Morgan fingerprint density at radius 2 is 1.13 bits per heavy atom. The second-order valence-corrected chi connectivity index (χ2v) is 9.60. The van der Waals surface area contributed by atoms with E-state index in [2.05, 4.69) is 46.7 Å². The van der Waals surface area contributed by atoms with Crippen molar-refractivity contribution in [1.82, 2.24) is 20.2 Å². The van der Waals surface area contributed by atoms with Crippen LogP contribution in [0.4, 0.5) is 0 Å². The molecule has 1 N–H and O–H groups in total. The topological polar surface area (TPSA) is 63.8 Å². The summed E-state index contributed by atoms with van der Waals surface area (Å²) < 4.78 is 0. The van der Waals surface area contributed by atoms with Crippen molar-refractivity contribution in [2.24, 2.45) is 0 Å². The Labute approximate surface area is 228 Å². The lowest BCUT2D eigenvalue weighted by molar-refractivity contribution is 0.209. The van der Waals surface area contributed by atoms with Crippen LogP contribution in [0.5, 0.6) is 0 Å². The van der Waals surface area contributed by atoms with Crippen molar-refractivity contribution in [1.29, 1.82) is 0 Å². The van der Waals surface area contributed by atoms with Crippen LogP contribution in [0.2, 0.25) is 0 Å². The highest BCUT2D eigenvalue weighted by Gasteiger charge is 2.41. The fraction of sp³-hybridized carbons (Fsp3) is 0.0882. The first-order valence-corrected chi connectivity index (χ1v) is 13.0. The van der Waals surface area contributed by atoms with Gasteiger partial charge in [0.05, 0.1) is 0 Å². The van der Waals surface area contributed by atoms with E-state index in [0.717, 1.165) is 38.9 Å². The zero-order valence-corrected chi connectivity index (χ0v) is 21.6. The molecule has 5 nitrogen and oxygen atoms in total. The van der Waals surface area contributed by atoms with Gasteiger partial charge in [-0.05, 0) is 45.5 Å². The van der Waals surface area contributed by atoms with E-state index >= 15 is 0 Å². The molecule has 0 amide bonds. The molecule has 1 aromatic heterocycles. The molecule has 190 valence electrons. The molecule has 0 saturated heterocycles. The Morgan fingerprint density at radius 1 is 0.641 bits per heavy atom. The van der Waals surface area contributed by atoms with E-state index in [1.54, 1.807) is 4.80 Å². The van der Waals surface area contributed by atoms with Crippen LogP contribution in [0.15, 0.2) is 140 Å². The Kier molecular flexibility index (Phi) is 6.57. The van der Waals surface area contributed by atoms with Gasteiger partial charge in [-0.25, -0.2) is 0 Å². The number of tetrazole rings is 1. The molecule has 0 spiro atoms. The number of nitrogens with zero attached hydrogens (tertiary/aromatic N) is 4. The lowest BCUT2D eigenvalue weighted by Crippen LogP contribution is -2.39. The fourth-order valence-electron chi connectivity index (χ4n) is 5.29. The lowest BCUT2D eigenvalue weighted by atomic mass is 9.77. The molecule has 1 heterocycles. The van der Waals surface area contributed by atoms with E-state index in [-0.39, 0.29) is 5.82 Å². The molecule has 0 bridgehead atoms. The van der Waals surface area contributed by atoms with Crippen LogP contribution in [0.25, 0.3) is 11.1 Å². The third kappa shape index (κ3) is 4.43. The highest BCUT2D eigenvalue weighted by atomic mass is 16.3. The van der Waals surface area contributed by atoms with Crippen LogP contribution in [0, 0.1) is 6.92 Å². The van der Waals surface area contributed by atoms with Crippen LogP contribution in [0.1, 0.15) is 39.7 Å². The zero-order valence-electron chi connectivity index (χ0n) is 21.6. The van der Waals surface area contributed by atoms with Crippen molar-refractivity contribution in [2.75, 3.05) is 0 Å². The monoisotopic (exact) mass is 508 g/mol. The summed E-state index contributed by atoms with van der Waals surface area (Å²) in [7, 11) is 0. The molecule has 0 radical (unpaired) electrons. The van der Waals surface area contributed by atoms with Gasteiger partial charge in [0.1, 0.15) is 6.10 Å². The maximum Gasteiger partial charge on any atom is 0.207 e. The van der Waals surface area contributed by atoms with Crippen molar-refractivity contribution in [3.63, 3.8) is 0 Å². The zero-order chi connectivity index (χ0) is 26.7. The third-order valence-corrected chi connectivity index (χ3v) is 7.13. The van der Waals surface area contributed by atoms with E-state index in [9.17, 15) is 5.11 Å². The molecule has 39 heavy (non-hydrogen) atoms. The molecule has 0 aliphatic heterocycles. The second-order valence-electron chi connectivity index (χ2n) is 9.60. The Balaban J connectivity index is 1.54. The van der Waals surface area contributed by atoms with Crippen LogP contribution in [-0.2, 0) is 5.54 Å². The summed E-state index contributed by atoms with van der Waals surface area (Å²) in [4.78, 5) is 1.64. The Hall–Kier alpha value is -4.87. The van der Waals surface area contributed by atoms with Crippen molar-refractivity contribution >= 4 is 0 Å². The molecular formula is C34H28N4O. The van der Waals surface area contributed by atoms with Gasteiger partial charge in [-0.15, -0.1) is 15.0 Å². The van der Waals surface area contributed by atoms with Crippen LogP contribution in [0.3, 0.4) is 0 Å². The standard InChI is InChI=1S/C34H28N4O/c1-25-22-23-30(26-14-6-2-7-15-26)31(24-25)32(39)33-35-37-38(36-33)34(27-16-8-3-9-17-27,28-18-10-4-11-19-28)29-20-12-5-13-21-29/h2-24,32,39H,1H3. The summed E-state index contributed by atoms with van der Waals surface area (Å²) >= 11 is 0. The molecule has 1 atom stereocenters. The number of hydrogen-bond donors (Lipinski definition) is 1. The number of aliphatic hydroxyl groups is 1. The summed E-state index contributed by atoms with van der Waals surface area (Å²) in [5, 5.41) is 25.6. The number of aliphatic hydroxyl groups excluding tert-OH is 1. The normalized spacial score (nSPS) is 12.3. The molecular weight excluding hydrogens is 480 g/mol. The molecule has 0 aliphatic carbocycles. The van der Waals surface area contributed by atoms with Crippen molar-refractivity contribution in [2.45, 2.75) is 18.6 Å². The van der Waals surface area contributed by atoms with Gasteiger partial charge in [-0.1, -0.05) is 145 Å². The van der Waals surface area contributed by atoms with Gasteiger partial charge >= 0.3 is 0 Å². The minimum atomic E-state index is -1.06. The summed E-state index contributed by atoms with van der Waals surface area (Å²) in [6, 6.07) is 46.7.